The topological polar surface area (TPSA) is 97.7 Å². The molecular formula is C114H165B3Li3N3O6. The molecule has 9 aromatic carbocycles. The maximum Gasteiger partial charge on any atom is 1.00 e. The first-order valence-electron chi connectivity index (χ1n) is 48.5. The van der Waals surface area contributed by atoms with E-state index in [4.69, 9.17) is 44.1 Å². The van der Waals surface area contributed by atoms with E-state index in [2.05, 4.69) is 335 Å². The molecule has 0 radical (unpaired) electrons. The molecule has 0 spiro atoms. The van der Waals surface area contributed by atoms with Crippen LogP contribution in [0.25, 0.3) is 15.7 Å². The fourth-order valence-electron chi connectivity index (χ4n) is 19.0. The normalized spacial score (nSPS) is 14.0. The van der Waals surface area contributed by atoms with Crippen molar-refractivity contribution in [2.45, 2.75) is 320 Å². The van der Waals surface area contributed by atoms with E-state index in [1.807, 2.05) is 0 Å². The van der Waals surface area contributed by atoms with E-state index in [-0.39, 0.29) is 77.1 Å². The molecular weight excluding hydrogens is 1560 g/mol. The summed E-state index contributed by atoms with van der Waals surface area (Å²) in [5, 5.41) is 16.9. The Morgan fingerprint density at radius 2 is 0.302 bits per heavy atom. The molecule has 0 aliphatic carbocycles. The Bertz CT molecular complexity index is 3900. The van der Waals surface area contributed by atoms with Crippen LogP contribution in [0.2, 0.25) is 0 Å². The summed E-state index contributed by atoms with van der Waals surface area (Å²) in [5.41, 5.74) is 43.4. The smallest absolute Gasteiger partial charge is 0.698 e. The summed E-state index contributed by atoms with van der Waals surface area (Å²) in [6.07, 6.45) is 15.3. The van der Waals surface area contributed by atoms with Crippen molar-refractivity contribution in [3.05, 3.63) is 277 Å². The molecule has 0 unspecified atom stereocenters. The first-order chi connectivity index (χ1) is 60.0. The second-order valence-corrected chi connectivity index (χ2v) is 38.7. The summed E-state index contributed by atoms with van der Waals surface area (Å²) >= 11 is 0. The predicted molar refractivity (Wildman–Crippen MR) is 552 cm³/mol. The van der Waals surface area contributed by atoms with Crippen LogP contribution in [0.4, 0.5) is 17.1 Å². The zero-order chi connectivity index (χ0) is 92.4. The molecule has 6 aliphatic rings. The number of nitrogens with zero attached hydrogens (tertiary/aromatic N) is 3. The zero-order valence-electron chi connectivity index (χ0n) is 87.6. The van der Waals surface area contributed by atoms with Crippen LogP contribution in [0, 0.1) is 125 Å². The summed E-state index contributed by atoms with van der Waals surface area (Å²) in [6, 6.07) is 47.8. The van der Waals surface area contributed by atoms with E-state index < -0.39 is 0 Å². The van der Waals surface area contributed by atoms with E-state index in [1.54, 1.807) is 0 Å². The summed E-state index contributed by atoms with van der Waals surface area (Å²) in [7, 11) is 0. The Kier molecular flexibility index (Phi) is 52.9. The van der Waals surface area contributed by atoms with E-state index >= 15 is 0 Å². The van der Waals surface area contributed by atoms with Crippen LogP contribution >= 0.6 is 0 Å². The Balaban J connectivity index is 0.000000341. The van der Waals surface area contributed by atoms with Crippen molar-refractivity contribution in [1.29, 1.82) is 0 Å². The average molecular weight is 1730 g/mol. The van der Waals surface area contributed by atoms with Gasteiger partial charge in [-0.2, -0.15) is 0 Å². The average Bonchev–Trinajstić information content (AvgIpc) is 1.64. The molecule has 6 fully saturated rings. The van der Waals surface area contributed by atoms with Crippen LogP contribution in [0.15, 0.2) is 127 Å². The summed E-state index contributed by atoms with van der Waals surface area (Å²) in [5.74, 6) is 2.55. The van der Waals surface area contributed by atoms with E-state index in [0.717, 1.165) is 79.3 Å². The largest absolute Gasteiger partial charge is 1.00 e. The fourth-order valence-corrected chi connectivity index (χ4v) is 19.0. The summed E-state index contributed by atoms with van der Waals surface area (Å²) in [6.45, 7) is 79.3. The van der Waals surface area contributed by atoms with Gasteiger partial charge in [0, 0.05) is 79.3 Å². The van der Waals surface area contributed by atoms with Gasteiger partial charge in [0.15, 0.2) is 0 Å². The minimum Gasteiger partial charge on any atom is -0.698 e. The van der Waals surface area contributed by atoms with Gasteiger partial charge in [0.25, 0.3) is 0 Å². The van der Waals surface area contributed by atoms with Gasteiger partial charge >= 0.3 is 56.6 Å². The molecule has 129 heavy (non-hydrogen) atoms. The third-order valence-electron chi connectivity index (χ3n) is 24.8. The van der Waals surface area contributed by atoms with Crippen LogP contribution in [-0.4, -0.2) is 99.8 Å². The molecule has 9 aromatic rings. The molecule has 6 saturated heterocycles. The van der Waals surface area contributed by atoms with Gasteiger partial charge in [-0.05, 0) is 237 Å². The van der Waals surface area contributed by atoms with Crippen molar-refractivity contribution in [1.82, 2.24) is 0 Å². The van der Waals surface area contributed by atoms with Gasteiger partial charge < -0.3 is 44.1 Å². The Morgan fingerprint density at radius 1 is 0.194 bits per heavy atom. The maximum absolute atomic E-state index is 5.64. The van der Waals surface area contributed by atoms with Gasteiger partial charge in [0.05, 0.1) is 0 Å². The molecule has 6 aliphatic heterocycles. The van der Waals surface area contributed by atoms with E-state index in [0.29, 0.717) is 35.5 Å². The van der Waals surface area contributed by atoms with E-state index in [9.17, 15) is 0 Å². The molecule has 0 saturated carbocycles. The van der Waals surface area contributed by atoms with Crippen LogP contribution in [0.1, 0.15) is 329 Å². The van der Waals surface area contributed by atoms with Crippen molar-refractivity contribution < 1.29 is 85.0 Å². The van der Waals surface area contributed by atoms with Crippen LogP contribution in [-0.2, 0) is 28.4 Å². The van der Waals surface area contributed by atoms with Crippen LogP contribution in [0.5, 0.6) is 0 Å². The Labute approximate surface area is 825 Å². The maximum atomic E-state index is 5.64. The summed E-state index contributed by atoms with van der Waals surface area (Å²) < 4.78 is 29.7. The van der Waals surface area contributed by atoms with Crippen LogP contribution < -0.4 is 89.4 Å². The minimum absolute atomic E-state index is 0. The van der Waals surface area contributed by atoms with Crippen LogP contribution in [0.3, 0.4) is 0 Å². The number of hydrogen-bond donors (Lipinski definition) is 0. The van der Waals surface area contributed by atoms with Gasteiger partial charge in [-0.3, -0.25) is 0 Å². The van der Waals surface area contributed by atoms with Gasteiger partial charge in [-0.15, -0.1) is 17.1 Å². The standard InChI is InChI=1S/3C30H39BN.6C4H8O.3Li/c3*1-18(2)26-12-11-13-27(19(3)4)30(26)32-31(28-22(7)14-20(5)15-23(28)8)29-24(9)16-21(6)17-25(29)10;6*1-2-4-5-3-1;;;/h3*11-19H,1-10H3;6*1-4H2;;;/q3*-1;;;;;;;3*+1. The summed E-state index contributed by atoms with van der Waals surface area (Å²) in [4.78, 5) is 0. The first-order valence-corrected chi connectivity index (χ1v) is 48.5. The Morgan fingerprint density at radius 3 is 0.388 bits per heavy atom. The zero-order valence-corrected chi connectivity index (χ0v) is 87.6. The first kappa shape index (κ1) is 115. The van der Waals surface area contributed by atoms with Gasteiger partial charge in [0.1, 0.15) is 20.5 Å². The van der Waals surface area contributed by atoms with E-state index in [1.165, 1.54) is 260 Å². The monoisotopic (exact) mass is 1730 g/mol. The second kappa shape index (κ2) is 59.1. The van der Waals surface area contributed by atoms with Crippen molar-refractivity contribution in [3.63, 3.8) is 0 Å². The van der Waals surface area contributed by atoms with Gasteiger partial charge in [-0.1, -0.05) is 377 Å². The molecule has 0 amide bonds. The van der Waals surface area contributed by atoms with Crippen molar-refractivity contribution >= 4 is 70.4 Å². The number of hydrogen-bond acceptors (Lipinski definition) is 6. The van der Waals surface area contributed by atoms with Crippen molar-refractivity contribution in [2.24, 2.45) is 0 Å². The fraction of sp³-hybridized carbons (Fsp3) is 0.526. The molecule has 15 rings (SSSR count). The number of rotatable bonds is 18. The number of aryl methyl sites for hydroxylation is 18. The molecule has 0 aromatic heterocycles. The number of benzene rings is 9. The third kappa shape index (κ3) is 35.7. The molecule has 6 heterocycles. The third-order valence-corrected chi connectivity index (χ3v) is 24.8. The molecule has 684 valence electrons. The van der Waals surface area contributed by atoms with Gasteiger partial charge in [-0.25, -0.2) is 0 Å². The number of ether oxygens (including phenoxy) is 6. The molecule has 0 N–H and O–H groups in total. The second-order valence-electron chi connectivity index (χ2n) is 38.7. The molecule has 15 heteroatoms. The van der Waals surface area contributed by atoms with Gasteiger partial charge in [0.2, 0.25) is 0 Å². The minimum atomic E-state index is -0.0198. The predicted octanol–water partition coefficient (Wildman–Crippen LogP) is 18.6. The Hall–Kier alpha value is -5.87. The SMILES string of the molecule is C1CCOC1.C1CCOC1.C1CCOC1.C1CCOC1.C1CCOC1.C1CCOC1.Cc1cc(C)c(B([N-]c2c(C(C)C)cccc2C(C)C)c2c(C)cc(C)cc2C)c(C)c1.Cc1cc(C)c(B([N-]c2c(C(C)C)cccc2C(C)C)c2c(C)cc(C)cc2C)c(C)c1.Cc1cc(C)c(B([N-]c2c(C(C)C)cccc2C(C)C)c2c(C)cc(C)cc2C)c(C)c1.[Li+].[Li+].[Li+]. The molecule has 0 atom stereocenters. The van der Waals surface area contributed by atoms with Crippen molar-refractivity contribution in [2.75, 3.05) is 79.3 Å². The quantitative estimate of drug-likeness (QED) is 0.0794. The molecule has 0 bridgehead atoms. The van der Waals surface area contributed by atoms with Crippen molar-refractivity contribution in [3.8, 4) is 0 Å². The molecule has 9 nitrogen and oxygen atoms in total.